The van der Waals surface area contributed by atoms with Crippen LogP contribution in [0.4, 0.5) is 0 Å². The summed E-state index contributed by atoms with van der Waals surface area (Å²) in [5, 5.41) is 0. The van der Waals surface area contributed by atoms with Gasteiger partial charge in [-0.25, -0.2) is 4.98 Å². The third kappa shape index (κ3) is 3.03. The second-order valence-corrected chi connectivity index (χ2v) is 5.00. The van der Waals surface area contributed by atoms with Crippen LogP contribution < -0.4 is 4.74 Å². The van der Waals surface area contributed by atoms with Crippen LogP contribution in [-0.4, -0.2) is 4.98 Å². The lowest BCUT2D eigenvalue weighted by Gasteiger charge is -2.11. The zero-order valence-electron chi connectivity index (χ0n) is 9.99. The van der Waals surface area contributed by atoms with Crippen molar-refractivity contribution < 1.29 is 4.74 Å². The van der Waals surface area contributed by atoms with E-state index in [0.29, 0.717) is 11.8 Å². The number of nitrogens with zero attached hydrogens (tertiary/aromatic N) is 1. The molecule has 94 valence electrons. The Morgan fingerprint density at radius 2 is 2.06 bits per heavy atom. The zero-order chi connectivity index (χ0) is 13.0. The Bertz CT molecular complexity index is 545. The van der Waals surface area contributed by atoms with Crippen molar-refractivity contribution in [2.24, 2.45) is 0 Å². The minimum Gasteiger partial charge on any atom is -0.438 e. The topological polar surface area (TPSA) is 22.1 Å². The van der Waals surface area contributed by atoms with Gasteiger partial charge in [0.2, 0.25) is 5.88 Å². The van der Waals surface area contributed by atoms with E-state index in [9.17, 15) is 0 Å². The molecule has 0 bridgehead atoms. The highest BCUT2D eigenvalue weighted by molar-refractivity contribution is 9.10. The van der Waals surface area contributed by atoms with Crippen molar-refractivity contribution in [2.45, 2.75) is 19.2 Å². The molecular weight excluding hydrogens is 314 g/mol. The van der Waals surface area contributed by atoms with E-state index < -0.39 is 0 Å². The fourth-order valence-electron chi connectivity index (χ4n) is 1.66. The van der Waals surface area contributed by atoms with E-state index in [1.54, 1.807) is 6.20 Å². The normalized spacial score (nSPS) is 10.4. The van der Waals surface area contributed by atoms with Gasteiger partial charge in [-0.3, -0.25) is 0 Å². The van der Waals surface area contributed by atoms with Gasteiger partial charge in [0.25, 0.3) is 0 Å². The van der Waals surface area contributed by atoms with E-state index in [1.165, 1.54) is 0 Å². The molecule has 0 amide bonds. The van der Waals surface area contributed by atoms with Crippen LogP contribution in [0.5, 0.6) is 11.6 Å². The van der Waals surface area contributed by atoms with Gasteiger partial charge >= 0.3 is 0 Å². The Balaban J connectivity index is 2.33. The van der Waals surface area contributed by atoms with Crippen molar-refractivity contribution in [1.29, 1.82) is 0 Å². The Hall–Kier alpha value is -1.06. The quantitative estimate of drug-likeness (QED) is 0.743. The molecule has 0 fully saturated rings. The predicted molar refractivity (Wildman–Crippen MR) is 77.4 cm³/mol. The van der Waals surface area contributed by atoms with Gasteiger partial charge in [-0.15, -0.1) is 11.6 Å². The number of ether oxygens (including phenoxy) is 1. The van der Waals surface area contributed by atoms with Crippen LogP contribution in [-0.2, 0) is 12.3 Å². The van der Waals surface area contributed by atoms with Crippen molar-refractivity contribution in [3.8, 4) is 11.6 Å². The van der Waals surface area contributed by atoms with Gasteiger partial charge in [-0.05, 0) is 40.0 Å². The van der Waals surface area contributed by atoms with Gasteiger partial charge < -0.3 is 4.74 Å². The minimum atomic E-state index is 0.371. The lowest BCUT2D eigenvalue weighted by molar-refractivity contribution is 0.453. The Morgan fingerprint density at radius 3 is 2.78 bits per heavy atom. The smallest absolute Gasteiger partial charge is 0.223 e. The molecule has 0 atom stereocenters. The summed E-state index contributed by atoms with van der Waals surface area (Å²) >= 11 is 9.28. The van der Waals surface area contributed by atoms with Crippen molar-refractivity contribution in [3.05, 3.63) is 52.1 Å². The van der Waals surface area contributed by atoms with Crippen molar-refractivity contribution >= 4 is 27.5 Å². The number of aromatic nitrogens is 1. The van der Waals surface area contributed by atoms with Crippen LogP contribution in [0.25, 0.3) is 0 Å². The summed E-state index contributed by atoms with van der Waals surface area (Å²) < 4.78 is 6.76. The molecule has 1 heterocycles. The standard InChI is InChI=1S/C14H13BrClNO/c1-2-10-5-3-4-6-13(10)18-14-11(8-16)7-12(15)9-17-14/h3-7,9H,2,8H2,1H3. The number of aryl methyl sites for hydroxylation is 1. The summed E-state index contributed by atoms with van der Waals surface area (Å²) in [6.07, 6.45) is 2.63. The first kappa shape index (κ1) is 13.4. The molecule has 0 aliphatic rings. The Kier molecular flexibility index (Phi) is 4.61. The summed E-state index contributed by atoms with van der Waals surface area (Å²) in [5.41, 5.74) is 2.03. The average Bonchev–Trinajstić information content (AvgIpc) is 2.41. The van der Waals surface area contributed by atoms with Gasteiger partial charge in [0.05, 0.1) is 5.88 Å². The molecule has 0 saturated carbocycles. The molecule has 2 aromatic rings. The van der Waals surface area contributed by atoms with E-state index in [1.807, 2.05) is 24.3 Å². The summed E-state index contributed by atoms with van der Waals surface area (Å²) in [6.45, 7) is 2.10. The highest BCUT2D eigenvalue weighted by Gasteiger charge is 2.09. The highest BCUT2D eigenvalue weighted by atomic mass is 79.9. The summed E-state index contributed by atoms with van der Waals surface area (Å²) in [4.78, 5) is 4.27. The largest absolute Gasteiger partial charge is 0.438 e. The number of hydrogen-bond donors (Lipinski definition) is 0. The van der Waals surface area contributed by atoms with Crippen molar-refractivity contribution in [1.82, 2.24) is 4.98 Å². The first-order chi connectivity index (χ1) is 8.74. The number of rotatable bonds is 4. The van der Waals surface area contributed by atoms with E-state index in [2.05, 4.69) is 33.9 Å². The van der Waals surface area contributed by atoms with Crippen LogP contribution in [0.15, 0.2) is 41.0 Å². The molecule has 4 heteroatoms. The van der Waals surface area contributed by atoms with Crippen LogP contribution in [0.1, 0.15) is 18.1 Å². The lowest BCUT2D eigenvalue weighted by atomic mass is 10.1. The maximum absolute atomic E-state index is 5.90. The van der Waals surface area contributed by atoms with E-state index in [0.717, 1.165) is 27.8 Å². The fraction of sp³-hybridized carbons (Fsp3) is 0.214. The predicted octanol–water partition coefficient (Wildman–Crippen LogP) is 4.94. The third-order valence-electron chi connectivity index (χ3n) is 2.60. The first-order valence-corrected chi connectivity index (χ1v) is 7.03. The number of alkyl halides is 1. The molecule has 0 radical (unpaired) electrons. The minimum absolute atomic E-state index is 0.371. The number of pyridine rings is 1. The second-order valence-electron chi connectivity index (χ2n) is 3.81. The molecule has 18 heavy (non-hydrogen) atoms. The number of benzene rings is 1. The van der Waals surface area contributed by atoms with Crippen LogP contribution in [0.3, 0.4) is 0 Å². The van der Waals surface area contributed by atoms with Gasteiger partial charge in [-0.1, -0.05) is 25.1 Å². The number of halogens is 2. The summed E-state index contributed by atoms with van der Waals surface area (Å²) in [5.74, 6) is 1.77. The molecule has 1 aromatic heterocycles. The second kappa shape index (κ2) is 6.21. The van der Waals surface area contributed by atoms with Gasteiger partial charge in [0.15, 0.2) is 0 Å². The summed E-state index contributed by atoms with van der Waals surface area (Å²) in [7, 11) is 0. The highest BCUT2D eigenvalue weighted by Crippen LogP contribution is 2.29. The molecular formula is C14H13BrClNO. The van der Waals surface area contributed by atoms with Gasteiger partial charge in [0.1, 0.15) is 5.75 Å². The lowest BCUT2D eigenvalue weighted by Crippen LogP contribution is -1.95. The first-order valence-electron chi connectivity index (χ1n) is 5.70. The van der Waals surface area contributed by atoms with E-state index in [-0.39, 0.29) is 0 Å². The summed E-state index contributed by atoms with van der Waals surface area (Å²) in [6, 6.07) is 9.87. The molecule has 0 aliphatic carbocycles. The van der Waals surface area contributed by atoms with Gasteiger partial charge in [0, 0.05) is 16.2 Å². The monoisotopic (exact) mass is 325 g/mol. The molecule has 1 aromatic carbocycles. The number of hydrogen-bond acceptors (Lipinski definition) is 2. The van der Waals surface area contributed by atoms with Crippen molar-refractivity contribution in [3.63, 3.8) is 0 Å². The van der Waals surface area contributed by atoms with Crippen molar-refractivity contribution in [2.75, 3.05) is 0 Å². The number of para-hydroxylation sites is 1. The van der Waals surface area contributed by atoms with E-state index in [4.69, 9.17) is 16.3 Å². The molecule has 2 rings (SSSR count). The maximum atomic E-state index is 5.90. The maximum Gasteiger partial charge on any atom is 0.223 e. The Morgan fingerprint density at radius 1 is 1.28 bits per heavy atom. The third-order valence-corrected chi connectivity index (χ3v) is 3.32. The molecule has 0 aliphatic heterocycles. The molecule has 0 unspecified atom stereocenters. The molecule has 0 spiro atoms. The van der Waals surface area contributed by atoms with E-state index >= 15 is 0 Å². The van der Waals surface area contributed by atoms with Crippen LogP contribution in [0.2, 0.25) is 0 Å². The van der Waals surface area contributed by atoms with Gasteiger partial charge in [-0.2, -0.15) is 0 Å². The fourth-order valence-corrected chi connectivity index (χ4v) is 2.23. The zero-order valence-corrected chi connectivity index (χ0v) is 12.3. The van der Waals surface area contributed by atoms with Crippen LogP contribution >= 0.6 is 27.5 Å². The SMILES string of the molecule is CCc1ccccc1Oc1ncc(Br)cc1CCl. The van der Waals surface area contributed by atoms with Crippen LogP contribution in [0, 0.1) is 0 Å². The average molecular weight is 327 g/mol. The molecule has 2 nitrogen and oxygen atoms in total. The molecule has 0 N–H and O–H groups in total. The Labute approximate surface area is 120 Å². The molecule has 0 saturated heterocycles.